The maximum atomic E-state index is 12.0. The predicted octanol–water partition coefficient (Wildman–Crippen LogP) is 8.86. The quantitative estimate of drug-likeness (QED) is 0.147. The molecular weight excluding hydrogens is 680 g/mol. The molecule has 0 aliphatic carbocycles. The third kappa shape index (κ3) is 7.39. The molecule has 0 bridgehead atoms. The predicted molar refractivity (Wildman–Crippen MR) is 181 cm³/mol. The normalized spacial score (nSPS) is 11.7. The van der Waals surface area contributed by atoms with E-state index in [1.807, 2.05) is 84.9 Å². The summed E-state index contributed by atoms with van der Waals surface area (Å²) in [5.74, 6) is 1.54. The number of ether oxygens (including phenoxy) is 2. The fraction of sp³-hybridized carbons (Fsp3) is 0.125. The summed E-state index contributed by atoms with van der Waals surface area (Å²) in [7, 11) is 6.95. The van der Waals surface area contributed by atoms with Gasteiger partial charge in [-0.3, -0.25) is 0 Å². The Labute approximate surface area is 273 Å². The highest BCUT2D eigenvalue weighted by Gasteiger charge is 2.23. The van der Waals surface area contributed by atoms with Crippen molar-refractivity contribution in [3.63, 3.8) is 0 Å². The van der Waals surface area contributed by atoms with Crippen LogP contribution >= 0.6 is 44.0 Å². The average molecular weight is 706 g/mol. The van der Waals surface area contributed by atoms with Gasteiger partial charge in [-0.15, -0.1) is 22.7 Å². The van der Waals surface area contributed by atoms with E-state index in [1.165, 1.54) is 22.7 Å². The molecule has 6 aromatic rings. The molecule has 2 heterocycles. The van der Waals surface area contributed by atoms with Gasteiger partial charge in [0, 0.05) is 64.1 Å². The second-order valence-electron chi connectivity index (χ2n) is 9.63. The zero-order valence-electron chi connectivity index (χ0n) is 23.5. The maximum Gasteiger partial charge on any atom is 0.263 e. The molecule has 6 rings (SSSR count). The molecule has 0 amide bonds. The van der Waals surface area contributed by atoms with E-state index in [2.05, 4.69) is 0 Å². The maximum absolute atomic E-state index is 12.0. The molecule has 0 N–H and O–H groups in total. The van der Waals surface area contributed by atoms with Crippen LogP contribution in [0.2, 0.25) is 0 Å². The van der Waals surface area contributed by atoms with Gasteiger partial charge in [0.05, 0.1) is 14.2 Å². The molecule has 0 fully saturated rings. The zero-order chi connectivity index (χ0) is 31.5. The molecular formula is C32H26Cl2O6S4. The number of halogens is 2. The number of rotatable bonds is 8. The van der Waals surface area contributed by atoms with E-state index in [0.717, 1.165) is 41.8 Å². The molecule has 0 atom stereocenters. The van der Waals surface area contributed by atoms with Gasteiger partial charge in [0.1, 0.15) is 21.3 Å². The van der Waals surface area contributed by atoms with E-state index in [-0.39, 0.29) is 9.79 Å². The van der Waals surface area contributed by atoms with Crippen LogP contribution in [0.4, 0.5) is 0 Å². The van der Waals surface area contributed by atoms with E-state index in [9.17, 15) is 16.8 Å². The number of hydrogen-bond acceptors (Lipinski definition) is 8. The van der Waals surface area contributed by atoms with Crippen molar-refractivity contribution in [3.8, 4) is 11.5 Å². The zero-order valence-corrected chi connectivity index (χ0v) is 28.3. The van der Waals surface area contributed by atoms with Crippen LogP contribution in [0.1, 0.15) is 20.9 Å². The Balaban J connectivity index is 0.000000175. The second-order valence-corrected chi connectivity index (χ2v) is 16.9. The standard InChI is InChI=1S/2C16H13ClO3S2/c2*1-20-12-8-6-11(7-9-12)10-15-16(22(17,18)19)13-4-2-3-5-14(13)21-15/h2*2-9H,10H2,1H3. The van der Waals surface area contributed by atoms with E-state index in [1.54, 1.807) is 26.4 Å². The van der Waals surface area contributed by atoms with Gasteiger partial charge in [-0.25, -0.2) is 16.8 Å². The Morgan fingerprint density at radius 2 is 0.886 bits per heavy atom. The van der Waals surface area contributed by atoms with Crippen LogP contribution in [-0.2, 0) is 30.9 Å². The highest BCUT2D eigenvalue weighted by molar-refractivity contribution is 8.14. The first kappa shape index (κ1) is 32.3. The molecule has 0 aliphatic rings. The van der Waals surface area contributed by atoms with E-state index in [0.29, 0.717) is 23.6 Å². The van der Waals surface area contributed by atoms with Crippen LogP contribution < -0.4 is 9.47 Å². The molecule has 0 aliphatic heterocycles. The Bertz CT molecular complexity index is 1980. The fourth-order valence-corrected chi connectivity index (χ4v) is 11.0. The number of methoxy groups -OCH3 is 2. The number of benzene rings is 4. The van der Waals surface area contributed by atoms with Crippen molar-refractivity contribution in [1.82, 2.24) is 0 Å². The van der Waals surface area contributed by atoms with Crippen molar-refractivity contribution in [3.05, 3.63) is 118 Å². The minimum atomic E-state index is -3.79. The lowest BCUT2D eigenvalue weighted by molar-refractivity contribution is 0.414. The molecule has 0 radical (unpaired) electrons. The van der Waals surface area contributed by atoms with Crippen LogP contribution in [0, 0.1) is 0 Å². The van der Waals surface area contributed by atoms with Crippen LogP contribution in [0.3, 0.4) is 0 Å². The van der Waals surface area contributed by atoms with Crippen molar-refractivity contribution < 1.29 is 26.3 Å². The third-order valence-corrected chi connectivity index (χ3v) is 12.2. The summed E-state index contributed by atoms with van der Waals surface area (Å²) in [6.07, 6.45) is 1.04. The molecule has 44 heavy (non-hydrogen) atoms. The van der Waals surface area contributed by atoms with Crippen molar-refractivity contribution >= 4 is 82.3 Å². The summed E-state index contributed by atoms with van der Waals surface area (Å²) < 4.78 is 60.0. The van der Waals surface area contributed by atoms with Crippen molar-refractivity contribution in [2.24, 2.45) is 0 Å². The highest BCUT2D eigenvalue weighted by atomic mass is 35.7. The molecule has 2 aromatic heterocycles. The van der Waals surface area contributed by atoms with Crippen LogP contribution in [-0.4, -0.2) is 31.1 Å². The Morgan fingerprint density at radius 3 is 1.20 bits per heavy atom. The van der Waals surface area contributed by atoms with E-state index >= 15 is 0 Å². The van der Waals surface area contributed by atoms with Crippen molar-refractivity contribution in [1.29, 1.82) is 0 Å². The number of fused-ring (bicyclic) bond motifs is 2. The molecule has 0 saturated heterocycles. The van der Waals surface area contributed by atoms with Crippen LogP contribution in [0.15, 0.2) is 107 Å². The Morgan fingerprint density at radius 1 is 0.545 bits per heavy atom. The average Bonchev–Trinajstić information content (AvgIpc) is 3.56. The van der Waals surface area contributed by atoms with Crippen LogP contribution in [0.25, 0.3) is 20.2 Å². The molecule has 6 nitrogen and oxygen atoms in total. The van der Waals surface area contributed by atoms with Gasteiger partial charge in [-0.05, 0) is 47.5 Å². The molecule has 4 aromatic carbocycles. The summed E-state index contributed by atoms with van der Waals surface area (Å²) >= 11 is 2.92. The van der Waals surface area contributed by atoms with Crippen molar-refractivity contribution in [2.45, 2.75) is 22.6 Å². The first-order valence-corrected chi connectivity index (χ1v) is 19.4. The second kappa shape index (κ2) is 13.5. The topological polar surface area (TPSA) is 86.7 Å². The monoisotopic (exact) mass is 704 g/mol. The lowest BCUT2D eigenvalue weighted by Crippen LogP contribution is -1.95. The smallest absolute Gasteiger partial charge is 0.263 e. The van der Waals surface area contributed by atoms with Crippen LogP contribution in [0.5, 0.6) is 11.5 Å². The lowest BCUT2D eigenvalue weighted by atomic mass is 10.1. The van der Waals surface area contributed by atoms with E-state index in [4.69, 9.17) is 30.8 Å². The summed E-state index contributed by atoms with van der Waals surface area (Å²) in [5, 5.41) is 1.37. The first-order chi connectivity index (χ1) is 21.0. The van der Waals surface area contributed by atoms with Gasteiger partial charge < -0.3 is 9.47 Å². The molecule has 228 valence electrons. The minimum Gasteiger partial charge on any atom is -0.497 e. The van der Waals surface area contributed by atoms with Gasteiger partial charge in [0.15, 0.2) is 0 Å². The van der Waals surface area contributed by atoms with Gasteiger partial charge >= 0.3 is 0 Å². The Kier molecular flexibility index (Phi) is 9.89. The van der Waals surface area contributed by atoms with E-state index < -0.39 is 18.1 Å². The fourth-order valence-electron chi connectivity index (χ4n) is 4.77. The lowest BCUT2D eigenvalue weighted by Gasteiger charge is -2.04. The molecule has 0 unspecified atom stereocenters. The molecule has 0 saturated carbocycles. The first-order valence-electron chi connectivity index (χ1n) is 13.1. The minimum absolute atomic E-state index is 0.227. The SMILES string of the molecule is COc1ccc(Cc2sc3ccccc3c2S(=O)(=O)Cl)cc1.COc1ccc(Cc2sc3ccccc3c2S(=O)(=O)Cl)cc1. The summed E-state index contributed by atoms with van der Waals surface area (Å²) in [4.78, 5) is 1.96. The molecule has 12 heteroatoms. The number of hydrogen-bond donors (Lipinski definition) is 0. The largest absolute Gasteiger partial charge is 0.497 e. The number of thiophene rings is 2. The Hall–Kier alpha value is -3.12. The van der Waals surface area contributed by atoms with Crippen molar-refractivity contribution in [2.75, 3.05) is 14.2 Å². The summed E-state index contributed by atoms with van der Waals surface area (Å²) in [6.45, 7) is 0. The van der Waals surface area contributed by atoms with Gasteiger partial charge in [0.2, 0.25) is 0 Å². The third-order valence-electron chi connectivity index (χ3n) is 6.77. The van der Waals surface area contributed by atoms with Gasteiger partial charge in [-0.2, -0.15) is 0 Å². The summed E-state index contributed by atoms with van der Waals surface area (Å²) in [6, 6.07) is 29.9. The van der Waals surface area contributed by atoms with Gasteiger partial charge in [-0.1, -0.05) is 60.7 Å². The van der Waals surface area contributed by atoms with Gasteiger partial charge in [0.25, 0.3) is 18.1 Å². The summed E-state index contributed by atoms with van der Waals surface area (Å²) in [5.41, 5.74) is 2.02. The highest BCUT2D eigenvalue weighted by Crippen LogP contribution is 2.39. The molecule has 0 spiro atoms.